The zero-order chi connectivity index (χ0) is 14.3. The number of hydrogen-bond acceptors (Lipinski definition) is 5. The lowest BCUT2D eigenvalue weighted by Gasteiger charge is -2.07. The van der Waals surface area contributed by atoms with Crippen LogP contribution in [0.2, 0.25) is 0 Å². The summed E-state index contributed by atoms with van der Waals surface area (Å²) in [4.78, 5) is 30.4. The molecule has 0 aliphatic heterocycles. The van der Waals surface area contributed by atoms with Gasteiger partial charge in [0.25, 0.3) is 0 Å². The Hall–Kier alpha value is -2.44. The molecule has 1 rings (SSSR count). The molecule has 0 bridgehead atoms. The van der Waals surface area contributed by atoms with E-state index in [2.05, 4.69) is 27.2 Å². The maximum Gasteiger partial charge on any atom is 0.333 e. The van der Waals surface area contributed by atoms with E-state index in [0.717, 1.165) is 5.69 Å². The van der Waals surface area contributed by atoms with Crippen molar-refractivity contribution < 1.29 is 14.3 Å². The monoisotopic (exact) mass is 264 g/mol. The Balaban J connectivity index is 2.25. The molecule has 0 atom stereocenters. The van der Waals surface area contributed by atoms with Crippen molar-refractivity contribution in [3.8, 4) is 0 Å². The second-order valence-corrected chi connectivity index (χ2v) is 3.82. The van der Waals surface area contributed by atoms with Crippen LogP contribution >= 0.6 is 0 Å². The van der Waals surface area contributed by atoms with E-state index < -0.39 is 12.0 Å². The standard InChI is InChI=1S/C12H16N4O3/c1-8(2)10(17)19-7-6-14-12(18)16-11-13-5-4-9(3)15-11/h4-5H,1,6-7H2,2-3H3,(H2,13,14,15,16,18). The van der Waals surface area contributed by atoms with Crippen LogP contribution < -0.4 is 10.6 Å². The lowest BCUT2D eigenvalue weighted by atomic mass is 10.4. The van der Waals surface area contributed by atoms with Crippen molar-refractivity contribution >= 4 is 17.9 Å². The normalized spacial score (nSPS) is 9.58. The molecule has 1 aromatic rings. The Labute approximate surface area is 111 Å². The van der Waals surface area contributed by atoms with Gasteiger partial charge in [0.05, 0.1) is 6.54 Å². The van der Waals surface area contributed by atoms with Gasteiger partial charge in [-0.3, -0.25) is 5.32 Å². The fraction of sp³-hybridized carbons (Fsp3) is 0.333. The molecule has 0 radical (unpaired) electrons. The molecule has 1 heterocycles. The third kappa shape index (κ3) is 5.62. The highest BCUT2D eigenvalue weighted by Crippen LogP contribution is 1.98. The number of aryl methyl sites for hydroxylation is 1. The van der Waals surface area contributed by atoms with Crippen LogP contribution in [0.1, 0.15) is 12.6 Å². The second kappa shape index (κ2) is 7.10. The molecule has 7 nitrogen and oxygen atoms in total. The summed E-state index contributed by atoms with van der Waals surface area (Å²) in [5, 5.41) is 4.97. The third-order valence-electron chi connectivity index (χ3n) is 1.99. The van der Waals surface area contributed by atoms with E-state index in [0.29, 0.717) is 5.57 Å². The summed E-state index contributed by atoms with van der Waals surface area (Å²) >= 11 is 0. The molecule has 1 aromatic heterocycles. The van der Waals surface area contributed by atoms with E-state index in [1.807, 2.05) is 0 Å². The number of carbonyl (C=O) groups is 2. The summed E-state index contributed by atoms with van der Waals surface area (Å²) in [6.45, 7) is 7.06. The van der Waals surface area contributed by atoms with Crippen molar-refractivity contribution in [1.29, 1.82) is 0 Å². The van der Waals surface area contributed by atoms with Gasteiger partial charge in [-0.25, -0.2) is 19.6 Å². The number of rotatable bonds is 5. The number of aromatic nitrogens is 2. The van der Waals surface area contributed by atoms with Gasteiger partial charge in [0.2, 0.25) is 5.95 Å². The first-order chi connectivity index (χ1) is 8.99. The largest absolute Gasteiger partial charge is 0.460 e. The number of hydrogen-bond donors (Lipinski definition) is 2. The van der Waals surface area contributed by atoms with Crippen LogP contribution in [-0.4, -0.2) is 35.1 Å². The molecule has 0 saturated carbocycles. The van der Waals surface area contributed by atoms with Gasteiger partial charge in [0, 0.05) is 17.5 Å². The first-order valence-corrected chi connectivity index (χ1v) is 5.66. The summed E-state index contributed by atoms with van der Waals surface area (Å²) in [5.41, 5.74) is 1.07. The Morgan fingerprint density at radius 2 is 2.21 bits per heavy atom. The molecule has 7 heteroatoms. The van der Waals surface area contributed by atoms with Gasteiger partial charge in [-0.1, -0.05) is 6.58 Å². The number of carbonyl (C=O) groups excluding carboxylic acids is 2. The lowest BCUT2D eigenvalue weighted by Crippen LogP contribution is -2.32. The number of nitrogens with zero attached hydrogens (tertiary/aromatic N) is 2. The van der Waals surface area contributed by atoms with Gasteiger partial charge in [-0.2, -0.15) is 0 Å². The topological polar surface area (TPSA) is 93.2 Å². The second-order valence-electron chi connectivity index (χ2n) is 3.82. The van der Waals surface area contributed by atoms with Crippen molar-refractivity contribution in [3.05, 3.63) is 30.1 Å². The van der Waals surface area contributed by atoms with Crippen LogP contribution in [-0.2, 0) is 9.53 Å². The number of nitrogens with one attached hydrogen (secondary N) is 2. The van der Waals surface area contributed by atoms with E-state index in [1.165, 1.54) is 0 Å². The van der Waals surface area contributed by atoms with Crippen LogP contribution in [0.4, 0.5) is 10.7 Å². The summed E-state index contributed by atoms with van der Waals surface area (Å²) in [5.74, 6) is -0.263. The van der Waals surface area contributed by atoms with Gasteiger partial charge in [0.15, 0.2) is 0 Å². The number of ether oxygens (including phenoxy) is 1. The SMILES string of the molecule is C=C(C)C(=O)OCCNC(=O)Nc1nccc(C)n1. The Morgan fingerprint density at radius 1 is 1.47 bits per heavy atom. The van der Waals surface area contributed by atoms with Crippen molar-refractivity contribution in [2.24, 2.45) is 0 Å². The Morgan fingerprint density at radius 3 is 2.84 bits per heavy atom. The molecule has 2 N–H and O–H groups in total. The average molecular weight is 264 g/mol. The first-order valence-electron chi connectivity index (χ1n) is 5.66. The van der Waals surface area contributed by atoms with Crippen LogP contribution in [0.25, 0.3) is 0 Å². The minimum atomic E-state index is -0.482. The van der Waals surface area contributed by atoms with E-state index in [-0.39, 0.29) is 19.1 Å². The number of amides is 2. The predicted molar refractivity (Wildman–Crippen MR) is 69.6 cm³/mol. The van der Waals surface area contributed by atoms with Crippen LogP contribution in [0.15, 0.2) is 24.4 Å². The van der Waals surface area contributed by atoms with Gasteiger partial charge < -0.3 is 10.1 Å². The quantitative estimate of drug-likeness (QED) is 0.470. The zero-order valence-corrected chi connectivity index (χ0v) is 10.9. The number of anilines is 1. The maximum atomic E-state index is 11.4. The summed E-state index contributed by atoms with van der Waals surface area (Å²) < 4.78 is 4.81. The van der Waals surface area contributed by atoms with E-state index in [4.69, 9.17) is 4.74 Å². The fourth-order valence-corrected chi connectivity index (χ4v) is 1.09. The van der Waals surface area contributed by atoms with Crippen LogP contribution in [0, 0.1) is 6.92 Å². The Kier molecular flexibility index (Phi) is 5.46. The number of urea groups is 1. The molecule has 0 saturated heterocycles. The fourth-order valence-electron chi connectivity index (χ4n) is 1.09. The maximum absolute atomic E-state index is 11.4. The summed E-state index contributed by atoms with van der Waals surface area (Å²) in [6.07, 6.45) is 1.55. The molecule has 0 aromatic carbocycles. The summed E-state index contributed by atoms with van der Waals surface area (Å²) in [7, 11) is 0. The van der Waals surface area contributed by atoms with Crippen LogP contribution in [0.5, 0.6) is 0 Å². The third-order valence-corrected chi connectivity index (χ3v) is 1.99. The average Bonchev–Trinajstić information content (AvgIpc) is 2.34. The smallest absolute Gasteiger partial charge is 0.333 e. The highest BCUT2D eigenvalue weighted by Gasteiger charge is 2.05. The Bertz CT molecular complexity index is 488. The summed E-state index contributed by atoms with van der Waals surface area (Å²) in [6, 6.07) is 1.26. The minimum Gasteiger partial charge on any atom is -0.460 e. The molecule has 2 amide bonds. The molecule has 102 valence electrons. The van der Waals surface area contributed by atoms with Gasteiger partial charge in [-0.05, 0) is 19.9 Å². The molecular formula is C12H16N4O3. The molecule has 19 heavy (non-hydrogen) atoms. The highest BCUT2D eigenvalue weighted by atomic mass is 16.5. The molecule has 0 unspecified atom stereocenters. The molecule has 0 spiro atoms. The predicted octanol–water partition coefficient (Wildman–Crippen LogP) is 1.03. The van der Waals surface area contributed by atoms with Gasteiger partial charge >= 0.3 is 12.0 Å². The molecular weight excluding hydrogens is 248 g/mol. The molecule has 0 fully saturated rings. The first kappa shape index (κ1) is 14.6. The zero-order valence-electron chi connectivity index (χ0n) is 10.9. The molecule has 0 aliphatic rings. The van der Waals surface area contributed by atoms with Gasteiger partial charge in [0.1, 0.15) is 6.61 Å². The van der Waals surface area contributed by atoms with Gasteiger partial charge in [-0.15, -0.1) is 0 Å². The van der Waals surface area contributed by atoms with Crippen molar-refractivity contribution in [1.82, 2.24) is 15.3 Å². The lowest BCUT2D eigenvalue weighted by molar-refractivity contribution is -0.138. The van der Waals surface area contributed by atoms with Crippen molar-refractivity contribution in [2.45, 2.75) is 13.8 Å². The van der Waals surface area contributed by atoms with Crippen LogP contribution in [0.3, 0.4) is 0 Å². The number of esters is 1. The van der Waals surface area contributed by atoms with Crippen molar-refractivity contribution in [2.75, 3.05) is 18.5 Å². The highest BCUT2D eigenvalue weighted by molar-refractivity contribution is 5.88. The van der Waals surface area contributed by atoms with Crippen molar-refractivity contribution in [3.63, 3.8) is 0 Å². The van der Waals surface area contributed by atoms with E-state index >= 15 is 0 Å². The molecule has 0 aliphatic carbocycles. The van der Waals surface area contributed by atoms with E-state index in [1.54, 1.807) is 26.1 Å². The van der Waals surface area contributed by atoms with E-state index in [9.17, 15) is 9.59 Å². The minimum absolute atomic E-state index is 0.0772.